The van der Waals surface area contributed by atoms with Crippen molar-refractivity contribution < 1.29 is 13.9 Å². The first-order valence-electron chi connectivity index (χ1n) is 5.24. The molecule has 0 saturated carbocycles. The number of halogens is 3. The Hall–Kier alpha value is -1.00. The van der Waals surface area contributed by atoms with Crippen LogP contribution in [0.4, 0.5) is 4.39 Å². The molecule has 0 aliphatic carbocycles. The van der Waals surface area contributed by atoms with E-state index >= 15 is 0 Å². The quantitative estimate of drug-likeness (QED) is 0.848. The molecule has 3 nitrogen and oxygen atoms in total. The minimum atomic E-state index is -0.798. The molecule has 6 heteroatoms. The van der Waals surface area contributed by atoms with Gasteiger partial charge in [-0.15, -0.1) is 23.2 Å². The first-order chi connectivity index (χ1) is 8.47. The largest absolute Gasteiger partial charge is 0.496 e. The molecule has 0 aliphatic heterocycles. The molecule has 0 bridgehead atoms. The number of amides is 1. The van der Waals surface area contributed by atoms with Crippen LogP contribution in [0.15, 0.2) is 18.2 Å². The summed E-state index contributed by atoms with van der Waals surface area (Å²) >= 11 is 11.5. The number of hydrogen-bond acceptors (Lipinski definition) is 2. The number of methoxy groups -OCH3 is 1. The first-order valence-corrected chi connectivity index (χ1v) is 6.31. The van der Waals surface area contributed by atoms with Gasteiger partial charge < -0.3 is 10.1 Å². The summed E-state index contributed by atoms with van der Waals surface area (Å²) in [6, 6.07) is 4.17. The predicted octanol–water partition coefficient (Wildman–Crippen LogP) is 2.80. The molecular formula is C12H14Cl2FNO2. The molecule has 0 spiro atoms. The molecule has 1 rings (SSSR count). The van der Waals surface area contributed by atoms with Crippen molar-refractivity contribution in [2.75, 3.05) is 18.9 Å². The summed E-state index contributed by atoms with van der Waals surface area (Å²) in [6.45, 7) is 1.68. The number of rotatable bonds is 5. The number of ether oxygens (including phenoxy) is 1. The molecule has 0 aliphatic rings. The zero-order valence-electron chi connectivity index (χ0n) is 10.1. The number of nitrogens with one attached hydrogen (secondary N) is 1. The number of benzene rings is 1. The van der Waals surface area contributed by atoms with Crippen LogP contribution in [0.5, 0.6) is 5.75 Å². The highest BCUT2D eigenvalue weighted by Crippen LogP contribution is 2.22. The molecule has 0 radical (unpaired) electrons. The van der Waals surface area contributed by atoms with Crippen LogP contribution >= 0.6 is 23.2 Å². The Morgan fingerprint density at radius 2 is 2.06 bits per heavy atom. The van der Waals surface area contributed by atoms with Crippen molar-refractivity contribution in [2.45, 2.75) is 12.5 Å². The lowest BCUT2D eigenvalue weighted by molar-refractivity contribution is 0.0914. The van der Waals surface area contributed by atoms with Crippen molar-refractivity contribution in [3.63, 3.8) is 0 Å². The van der Waals surface area contributed by atoms with Crippen LogP contribution in [0.3, 0.4) is 0 Å². The van der Waals surface area contributed by atoms with Crippen LogP contribution in [0.1, 0.15) is 17.3 Å². The van der Waals surface area contributed by atoms with E-state index in [0.29, 0.717) is 0 Å². The van der Waals surface area contributed by atoms with Crippen LogP contribution in [0.25, 0.3) is 0 Å². The van der Waals surface area contributed by atoms with Crippen molar-refractivity contribution in [2.24, 2.45) is 0 Å². The topological polar surface area (TPSA) is 38.3 Å². The highest BCUT2D eigenvalue weighted by Gasteiger charge is 2.27. The Morgan fingerprint density at radius 3 is 2.56 bits per heavy atom. The van der Waals surface area contributed by atoms with Crippen LogP contribution in [-0.4, -0.2) is 30.3 Å². The molecule has 100 valence electrons. The van der Waals surface area contributed by atoms with Crippen molar-refractivity contribution in [3.8, 4) is 5.75 Å². The standard InChI is InChI=1S/C12H14Cl2FNO2/c1-12(6-13,7-14)16-11(17)10-8(15)4-3-5-9(10)18-2/h3-5H,6-7H2,1-2H3,(H,16,17). The summed E-state index contributed by atoms with van der Waals surface area (Å²) in [5.41, 5.74) is -0.950. The third-order valence-corrected chi connectivity index (χ3v) is 3.61. The second-order valence-electron chi connectivity index (χ2n) is 4.10. The van der Waals surface area contributed by atoms with Gasteiger partial charge in [0.1, 0.15) is 17.1 Å². The maximum absolute atomic E-state index is 13.7. The van der Waals surface area contributed by atoms with Gasteiger partial charge in [0.2, 0.25) is 0 Å². The van der Waals surface area contributed by atoms with Gasteiger partial charge in [0.25, 0.3) is 5.91 Å². The zero-order valence-corrected chi connectivity index (χ0v) is 11.6. The van der Waals surface area contributed by atoms with Gasteiger partial charge >= 0.3 is 0 Å². The molecule has 18 heavy (non-hydrogen) atoms. The molecule has 1 aromatic carbocycles. The van der Waals surface area contributed by atoms with Crippen molar-refractivity contribution in [3.05, 3.63) is 29.6 Å². The van der Waals surface area contributed by atoms with E-state index in [2.05, 4.69) is 5.32 Å². The van der Waals surface area contributed by atoms with E-state index in [4.69, 9.17) is 27.9 Å². The number of hydrogen-bond donors (Lipinski definition) is 1. The normalized spacial score (nSPS) is 11.2. The Balaban J connectivity index is 3.04. The van der Waals surface area contributed by atoms with E-state index in [1.807, 2.05) is 0 Å². The second-order valence-corrected chi connectivity index (χ2v) is 4.63. The zero-order chi connectivity index (χ0) is 13.8. The summed E-state index contributed by atoms with van der Waals surface area (Å²) in [5.74, 6) is -0.844. The molecule has 0 aromatic heterocycles. The van der Waals surface area contributed by atoms with Gasteiger partial charge in [0, 0.05) is 11.8 Å². The molecule has 1 N–H and O–H groups in total. The minimum absolute atomic E-state index is 0.124. The molecule has 1 aromatic rings. The van der Waals surface area contributed by atoms with E-state index in [1.165, 1.54) is 25.3 Å². The molecular weight excluding hydrogens is 280 g/mol. The fourth-order valence-corrected chi connectivity index (χ4v) is 1.75. The second kappa shape index (κ2) is 6.25. The Morgan fingerprint density at radius 1 is 1.44 bits per heavy atom. The molecule has 0 unspecified atom stereocenters. The summed E-state index contributed by atoms with van der Waals surface area (Å²) in [4.78, 5) is 12.0. The predicted molar refractivity (Wildman–Crippen MR) is 70.3 cm³/mol. The fraction of sp³-hybridized carbons (Fsp3) is 0.417. The number of alkyl halides is 2. The molecule has 0 fully saturated rings. The SMILES string of the molecule is COc1cccc(F)c1C(=O)NC(C)(CCl)CCl. The maximum Gasteiger partial charge on any atom is 0.258 e. The lowest BCUT2D eigenvalue weighted by atomic mass is 10.1. The van der Waals surface area contributed by atoms with Gasteiger partial charge in [0.15, 0.2) is 0 Å². The van der Waals surface area contributed by atoms with Gasteiger partial charge in [-0.1, -0.05) is 6.07 Å². The Labute approximate surface area is 115 Å². The monoisotopic (exact) mass is 293 g/mol. The molecule has 1 amide bonds. The average molecular weight is 294 g/mol. The Bertz CT molecular complexity index is 436. The van der Waals surface area contributed by atoms with Crippen molar-refractivity contribution in [1.82, 2.24) is 5.32 Å². The van der Waals surface area contributed by atoms with E-state index in [-0.39, 0.29) is 23.1 Å². The summed E-state index contributed by atoms with van der Waals surface area (Å²) < 4.78 is 18.6. The molecule has 0 heterocycles. The van der Waals surface area contributed by atoms with E-state index in [9.17, 15) is 9.18 Å². The average Bonchev–Trinajstić information content (AvgIpc) is 2.37. The van der Waals surface area contributed by atoms with Gasteiger partial charge in [-0.05, 0) is 19.1 Å². The van der Waals surface area contributed by atoms with Crippen molar-refractivity contribution in [1.29, 1.82) is 0 Å². The van der Waals surface area contributed by atoms with Gasteiger partial charge in [-0.25, -0.2) is 4.39 Å². The number of carbonyl (C=O) groups excluding carboxylic acids is 1. The van der Waals surface area contributed by atoms with Crippen LogP contribution in [0.2, 0.25) is 0 Å². The summed E-state index contributed by atoms with van der Waals surface area (Å²) in [7, 11) is 1.37. The third-order valence-electron chi connectivity index (χ3n) is 2.43. The number of carbonyl (C=O) groups is 1. The first kappa shape index (κ1) is 15.1. The van der Waals surface area contributed by atoms with E-state index < -0.39 is 17.3 Å². The smallest absolute Gasteiger partial charge is 0.258 e. The summed E-state index contributed by atoms with van der Waals surface area (Å²) in [6.07, 6.45) is 0. The molecule has 0 saturated heterocycles. The van der Waals surface area contributed by atoms with E-state index in [1.54, 1.807) is 6.92 Å². The van der Waals surface area contributed by atoms with Crippen LogP contribution in [-0.2, 0) is 0 Å². The van der Waals surface area contributed by atoms with Gasteiger partial charge in [0.05, 0.1) is 12.6 Å². The van der Waals surface area contributed by atoms with Crippen LogP contribution < -0.4 is 10.1 Å². The molecule has 0 atom stereocenters. The van der Waals surface area contributed by atoms with Gasteiger partial charge in [-0.2, -0.15) is 0 Å². The highest BCUT2D eigenvalue weighted by molar-refractivity contribution is 6.22. The third kappa shape index (κ3) is 3.27. The fourth-order valence-electron chi connectivity index (χ4n) is 1.33. The maximum atomic E-state index is 13.7. The highest BCUT2D eigenvalue weighted by atomic mass is 35.5. The summed E-state index contributed by atoms with van der Waals surface area (Å²) in [5, 5.41) is 2.60. The lowest BCUT2D eigenvalue weighted by Crippen LogP contribution is -2.49. The van der Waals surface area contributed by atoms with E-state index in [0.717, 1.165) is 0 Å². The lowest BCUT2D eigenvalue weighted by Gasteiger charge is -2.26. The van der Waals surface area contributed by atoms with Crippen LogP contribution in [0, 0.1) is 5.82 Å². The minimum Gasteiger partial charge on any atom is -0.496 e. The Kier molecular flexibility index (Phi) is 5.23. The van der Waals surface area contributed by atoms with Crippen molar-refractivity contribution >= 4 is 29.1 Å². The van der Waals surface area contributed by atoms with Gasteiger partial charge in [-0.3, -0.25) is 4.79 Å².